The number of aryl methyl sites for hydroxylation is 2. The molecule has 0 fully saturated rings. The third-order valence-corrected chi connectivity index (χ3v) is 3.28. The fourth-order valence-corrected chi connectivity index (χ4v) is 2.13. The monoisotopic (exact) mass is 369 g/mol. The lowest BCUT2D eigenvalue weighted by molar-refractivity contribution is 0.832. The first-order valence-electron chi connectivity index (χ1n) is 5.85. The molecule has 0 aromatic carbocycles. The van der Waals surface area contributed by atoms with E-state index in [2.05, 4.69) is 22.5 Å². The Morgan fingerprint density at radius 2 is 1.24 bits per heavy atom. The quantitative estimate of drug-likeness (QED) is 0.598. The molecule has 1 heterocycles. The van der Waals surface area contributed by atoms with Gasteiger partial charge in [0.15, 0.2) is 10.2 Å². The predicted octanol–water partition coefficient (Wildman–Crippen LogP) is 1.52. The number of hydrogen-bond acceptors (Lipinski definition) is 3. The van der Waals surface area contributed by atoms with Crippen molar-refractivity contribution in [1.82, 2.24) is 15.6 Å². The van der Waals surface area contributed by atoms with Crippen LogP contribution in [0.5, 0.6) is 0 Å². The van der Waals surface area contributed by atoms with Crippen LogP contribution in [0.3, 0.4) is 0 Å². The number of thiocarbonyl (C=S) groups is 2. The zero-order chi connectivity index (χ0) is 14.6. The van der Waals surface area contributed by atoms with Crippen molar-refractivity contribution in [3.05, 3.63) is 28.1 Å². The van der Waals surface area contributed by atoms with Gasteiger partial charge in [-0.3, -0.25) is 4.98 Å². The molecule has 0 aliphatic heterocycles. The van der Waals surface area contributed by atoms with Gasteiger partial charge < -0.3 is 22.1 Å². The van der Waals surface area contributed by atoms with E-state index in [1.54, 1.807) is 0 Å². The number of nitrogens with one attached hydrogen (secondary N) is 2. The highest BCUT2D eigenvalue weighted by Gasteiger charge is 2.12. The highest BCUT2D eigenvalue weighted by atomic mass is 35.5. The largest absolute Gasteiger partial charge is 0.376 e. The van der Waals surface area contributed by atoms with Crippen LogP contribution in [0.25, 0.3) is 0 Å². The molecule has 1 rings (SSSR count). The van der Waals surface area contributed by atoms with E-state index in [1.807, 2.05) is 13.8 Å². The molecule has 0 saturated carbocycles. The van der Waals surface area contributed by atoms with E-state index in [4.69, 9.17) is 35.9 Å². The van der Waals surface area contributed by atoms with Crippen LogP contribution in [0.15, 0.2) is 0 Å². The summed E-state index contributed by atoms with van der Waals surface area (Å²) in [6.45, 7) is 7.14. The van der Waals surface area contributed by atoms with E-state index in [0.29, 0.717) is 13.1 Å². The zero-order valence-corrected chi connectivity index (χ0v) is 15.4. The summed E-state index contributed by atoms with van der Waals surface area (Å²) in [6, 6.07) is 0. The molecule has 0 saturated heterocycles. The Morgan fingerprint density at radius 1 is 0.905 bits per heavy atom. The Morgan fingerprint density at radius 3 is 1.52 bits per heavy atom. The maximum absolute atomic E-state index is 5.46. The summed E-state index contributed by atoms with van der Waals surface area (Å²) in [4.78, 5) is 4.54. The molecular weight excluding hydrogens is 349 g/mol. The van der Waals surface area contributed by atoms with Crippen LogP contribution < -0.4 is 22.1 Å². The lowest BCUT2D eigenvalue weighted by Gasteiger charge is -2.17. The minimum absolute atomic E-state index is 0. The van der Waals surface area contributed by atoms with Crippen LogP contribution in [-0.4, -0.2) is 15.2 Å². The molecule has 9 heteroatoms. The fraction of sp³-hybridized carbons (Fsp3) is 0.417. The Balaban J connectivity index is 0. The second kappa shape index (κ2) is 9.94. The van der Waals surface area contributed by atoms with Gasteiger partial charge in [-0.05, 0) is 61.9 Å². The summed E-state index contributed by atoms with van der Waals surface area (Å²) in [5.41, 5.74) is 16.2. The Hall–Kier alpha value is -0.890. The summed E-state index contributed by atoms with van der Waals surface area (Å²) >= 11 is 9.65. The summed E-state index contributed by atoms with van der Waals surface area (Å²) in [5, 5.41) is 6.47. The third-order valence-electron chi connectivity index (χ3n) is 2.99. The third kappa shape index (κ3) is 6.60. The molecule has 120 valence electrons. The van der Waals surface area contributed by atoms with Crippen molar-refractivity contribution in [2.75, 3.05) is 0 Å². The standard InChI is InChI=1S/C12H19N5S2.2ClH/c1-6-9(4-15-11(13)18)7(2)17-8(3)10(6)5-16-12(14)19;;/h4-5H2,1-3H3,(H3,13,15,18)(H3,14,16,19);2*1H. The van der Waals surface area contributed by atoms with Gasteiger partial charge in [-0.1, -0.05) is 0 Å². The highest BCUT2D eigenvalue weighted by Crippen LogP contribution is 2.19. The molecule has 0 aliphatic rings. The maximum Gasteiger partial charge on any atom is 0.163 e. The molecule has 0 aliphatic carbocycles. The van der Waals surface area contributed by atoms with Crippen molar-refractivity contribution in [2.45, 2.75) is 33.9 Å². The van der Waals surface area contributed by atoms with E-state index >= 15 is 0 Å². The van der Waals surface area contributed by atoms with Gasteiger partial charge in [-0.25, -0.2) is 0 Å². The Labute approximate surface area is 148 Å². The molecule has 21 heavy (non-hydrogen) atoms. The van der Waals surface area contributed by atoms with Crippen molar-refractivity contribution in [3.8, 4) is 0 Å². The minimum atomic E-state index is 0. The Kier molecular flexibility index (Phi) is 10.6. The van der Waals surface area contributed by atoms with Crippen LogP contribution in [0, 0.1) is 20.8 Å². The van der Waals surface area contributed by atoms with Gasteiger partial charge in [0.25, 0.3) is 0 Å². The van der Waals surface area contributed by atoms with E-state index in [0.717, 1.165) is 28.1 Å². The highest BCUT2D eigenvalue weighted by molar-refractivity contribution is 7.80. The molecule has 5 nitrogen and oxygen atoms in total. The summed E-state index contributed by atoms with van der Waals surface area (Å²) in [7, 11) is 0. The Bertz CT molecular complexity index is 481. The lowest BCUT2D eigenvalue weighted by Crippen LogP contribution is -2.31. The van der Waals surface area contributed by atoms with E-state index in [9.17, 15) is 0 Å². The second-order valence-corrected chi connectivity index (χ2v) is 5.18. The molecule has 0 unspecified atom stereocenters. The SMILES string of the molecule is Cc1nc(C)c(CNC(N)=S)c(C)c1CNC(N)=S.Cl.Cl. The van der Waals surface area contributed by atoms with Gasteiger partial charge in [0.1, 0.15) is 0 Å². The zero-order valence-electron chi connectivity index (χ0n) is 12.1. The number of nitrogens with zero attached hydrogens (tertiary/aromatic N) is 1. The van der Waals surface area contributed by atoms with Crippen molar-refractivity contribution >= 4 is 59.5 Å². The minimum Gasteiger partial charge on any atom is -0.376 e. The van der Waals surface area contributed by atoms with Gasteiger partial charge >= 0.3 is 0 Å². The fourth-order valence-electron chi connectivity index (χ4n) is 1.98. The number of pyridine rings is 1. The molecular formula is C12H21Cl2N5S2. The summed E-state index contributed by atoms with van der Waals surface area (Å²) < 4.78 is 0. The number of rotatable bonds is 4. The van der Waals surface area contributed by atoms with Crippen LogP contribution in [0.2, 0.25) is 0 Å². The molecule has 1 aromatic heterocycles. The van der Waals surface area contributed by atoms with E-state index in [-0.39, 0.29) is 35.0 Å². The topological polar surface area (TPSA) is 89.0 Å². The van der Waals surface area contributed by atoms with Gasteiger partial charge in [0, 0.05) is 24.5 Å². The van der Waals surface area contributed by atoms with Gasteiger partial charge in [-0.15, -0.1) is 24.8 Å². The first-order chi connectivity index (χ1) is 8.82. The van der Waals surface area contributed by atoms with Crippen LogP contribution in [-0.2, 0) is 13.1 Å². The average molecular weight is 370 g/mol. The summed E-state index contributed by atoms with van der Waals surface area (Å²) in [5.74, 6) is 0. The van der Waals surface area contributed by atoms with Crippen molar-refractivity contribution in [2.24, 2.45) is 11.5 Å². The van der Waals surface area contributed by atoms with Crippen LogP contribution in [0.1, 0.15) is 28.1 Å². The number of nitrogens with two attached hydrogens (primary N) is 2. The van der Waals surface area contributed by atoms with Crippen LogP contribution >= 0.6 is 49.2 Å². The van der Waals surface area contributed by atoms with Crippen LogP contribution in [0.4, 0.5) is 0 Å². The first kappa shape index (κ1) is 22.4. The molecule has 6 N–H and O–H groups in total. The van der Waals surface area contributed by atoms with Gasteiger partial charge in [-0.2, -0.15) is 0 Å². The average Bonchev–Trinajstić information content (AvgIpc) is 2.27. The van der Waals surface area contributed by atoms with E-state index < -0.39 is 0 Å². The molecule has 0 amide bonds. The van der Waals surface area contributed by atoms with Gasteiger partial charge in [0.2, 0.25) is 0 Å². The number of aromatic nitrogens is 1. The normalized spacial score (nSPS) is 9.10. The lowest BCUT2D eigenvalue weighted by atomic mass is 10.00. The summed E-state index contributed by atoms with van der Waals surface area (Å²) in [6.07, 6.45) is 0. The first-order valence-corrected chi connectivity index (χ1v) is 6.66. The van der Waals surface area contributed by atoms with Crippen molar-refractivity contribution in [1.29, 1.82) is 0 Å². The predicted molar refractivity (Wildman–Crippen MR) is 100 cm³/mol. The number of hydrogen-bond donors (Lipinski definition) is 4. The molecule has 0 radical (unpaired) electrons. The molecule has 0 bridgehead atoms. The number of halogens is 2. The molecule has 0 atom stereocenters. The van der Waals surface area contributed by atoms with Gasteiger partial charge in [0.05, 0.1) is 0 Å². The molecule has 1 aromatic rings. The molecule has 0 spiro atoms. The maximum atomic E-state index is 5.46. The second-order valence-electron chi connectivity index (χ2n) is 4.30. The smallest absolute Gasteiger partial charge is 0.163 e. The van der Waals surface area contributed by atoms with E-state index in [1.165, 1.54) is 0 Å². The van der Waals surface area contributed by atoms with Crippen molar-refractivity contribution in [3.63, 3.8) is 0 Å². The van der Waals surface area contributed by atoms with Crippen molar-refractivity contribution < 1.29 is 0 Å².